The van der Waals surface area contributed by atoms with Crippen molar-refractivity contribution in [3.8, 4) is 0 Å². The average molecular weight is 285 g/mol. The summed E-state index contributed by atoms with van der Waals surface area (Å²) in [7, 11) is -1.00. The molecule has 1 rings (SSSR count). The molecule has 0 unspecified atom stereocenters. The van der Waals surface area contributed by atoms with E-state index in [4.69, 9.17) is 0 Å². The van der Waals surface area contributed by atoms with E-state index in [0.717, 1.165) is 24.5 Å². The highest BCUT2D eigenvalue weighted by molar-refractivity contribution is 7.90. The van der Waals surface area contributed by atoms with Gasteiger partial charge in [0.1, 0.15) is 15.7 Å². The van der Waals surface area contributed by atoms with E-state index < -0.39 is 9.84 Å². The molecule has 1 heterocycles. The minimum atomic E-state index is -2.91. The number of pyridine rings is 1. The number of sulfone groups is 1. The molecule has 0 spiro atoms. The molecule has 0 radical (unpaired) electrons. The normalized spacial score (nSPS) is 11.8. The number of nitrogens with zero attached hydrogens (tertiary/aromatic N) is 2. The molecule has 108 valence electrons. The van der Waals surface area contributed by atoms with E-state index in [2.05, 4.69) is 17.2 Å². The standard InChI is InChI=1S/C13H23N3O2S/c1-4-8-14-13-7-5-6-12(15-13)11-16(2)9-10-19(3,17)18/h5-7H,4,8-11H2,1-3H3,(H,14,15). The molecule has 0 amide bonds. The van der Waals surface area contributed by atoms with Crippen LogP contribution in [0.4, 0.5) is 5.82 Å². The van der Waals surface area contributed by atoms with Crippen molar-refractivity contribution in [1.82, 2.24) is 9.88 Å². The summed E-state index contributed by atoms with van der Waals surface area (Å²) in [5, 5.41) is 3.24. The van der Waals surface area contributed by atoms with Crippen LogP contribution in [-0.2, 0) is 16.4 Å². The Hall–Kier alpha value is -1.14. The maximum atomic E-state index is 11.1. The van der Waals surface area contributed by atoms with Crippen molar-refractivity contribution in [2.24, 2.45) is 0 Å². The van der Waals surface area contributed by atoms with Gasteiger partial charge in [0.15, 0.2) is 0 Å². The lowest BCUT2D eigenvalue weighted by molar-refractivity contribution is 0.342. The molecule has 0 saturated heterocycles. The molecule has 0 aliphatic rings. The Bertz CT molecular complexity index is 488. The summed E-state index contributed by atoms with van der Waals surface area (Å²) >= 11 is 0. The van der Waals surface area contributed by atoms with Crippen molar-refractivity contribution in [3.63, 3.8) is 0 Å². The number of rotatable bonds is 8. The molecule has 1 N–H and O–H groups in total. The van der Waals surface area contributed by atoms with Gasteiger partial charge in [0, 0.05) is 25.9 Å². The quantitative estimate of drug-likeness (QED) is 0.782. The van der Waals surface area contributed by atoms with E-state index in [0.29, 0.717) is 13.1 Å². The van der Waals surface area contributed by atoms with E-state index in [1.807, 2.05) is 30.1 Å². The summed E-state index contributed by atoms with van der Waals surface area (Å²) in [4.78, 5) is 6.46. The predicted molar refractivity (Wildman–Crippen MR) is 79.1 cm³/mol. The fourth-order valence-electron chi connectivity index (χ4n) is 1.60. The van der Waals surface area contributed by atoms with E-state index in [-0.39, 0.29) is 5.75 Å². The fraction of sp³-hybridized carbons (Fsp3) is 0.615. The summed E-state index contributed by atoms with van der Waals surface area (Å²) < 4.78 is 22.2. The van der Waals surface area contributed by atoms with Gasteiger partial charge < -0.3 is 5.32 Å². The molecule has 0 aliphatic carbocycles. The van der Waals surface area contributed by atoms with E-state index >= 15 is 0 Å². The Kier molecular flexibility index (Phi) is 6.24. The lowest BCUT2D eigenvalue weighted by Crippen LogP contribution is -2.25. The van der Waals surface area contributed by atoms with Crippen LogP contribution in [-0.4, -0.2) is 50.4 Å². The third-order valence-electron chi connectivity index (χ3n) is 2.64. The molecule has 1 aromatic rings. The zero-order chi connectivity index (χ0) is 14.3. The van der Waals surface area contributed by atoms with Crippen LogP contribution >= 0.6 is 0 Å². The van der Waals surface area contributed by atoms with E-state index in [1.54, 1.807) is 0 Å². The maximum Gasteiger partial charge on any atom is 0.148 e. The molecular weight excluding hydrogens is 262 g/mol. The lowest BCUT2D eigenvalue weighted by Gasteiger charge is -2.16. The van der Waals surface area contributed by atoms with Crippen molar-refractivity contribution in [3.05, 3.63) is 23.9 Å². The Morgan fingerprint density at radius 3 is 2.74 bits per heavy atom. The second-order valence-electron chi connectivity index (χ2n) is 4.81. The van der Waals surface area contributed by atoms with Gasteiger partial charge in [0.05, 0.1) is 11.4 Å². The molecular formula is C13H23N3O2S. The number of anilines is 1. The number of hydrogen-bond acceptors (Lipinski definition) is 5. The number of hydrogen-bond donors (Lipinski definition) is 1. The summed E-state index contributed by atoms with van der Waals surface area (Å²) in [5.74, 6) is 1.05. The highest BCUT2D eigenvalue weighted by atomic mass is 32.2. The summed E-state index contributed by atoms with van der Waals surface area (Å²) in [6.45, 7) is 4.18. The summed E-state index contributed by atoms with van der Waals surface area (Å²) in [5.41, 5.74) is 0.942. The first-order chi connectivity index (χ1) is 8.90. The van der Waals surface area contributed by atoms with E-state index in [1.165, 1.54) is 6.26 Å². The van der Waals surface area contributed by atoms with Crippen LogP contribution in [0.15, 0.2) is 18.2 Å². The third kappa shape index (κ3) is 7.12. The molecule has 0 bridgehead atoms. The molecule has 5 nitrogen and oxygen atoms in total. The maximum absolute atomic E-state index is 11.1. The third-order valence-corrected chi connectivity index (χ3v) is 3.56. The zero-order valence-corrected chi connectivity index (χ0v) is 12.7. The first-order valence-corrected chi connectivity index (χ1v) is 8.53. The van der Waals surface area contributed by atoms with Crippen molar-refractivity contribution < 1.29 is 8.42 Å². The monoisotopic (exact) mass is 285 g/mol. The Morgan fingerprint density at radius 1 is 1.37 bits per heavy atom. The van der Waals surface area contributed by atoms with Gasteiger partial charge in [-0.3, -0.25) is 4.90 Å². The van der Waals surface area contributed by atoms with Crippen LogP contribution < -0.4 is 5.32 Å². The van der Waals surface area contributed by atoms with Crippen LogP contribution in [0.2, 0.25) is 0 Å². The van der Waals surface area contributed by atoms with Gasteiger partial charge in [-0.15, -0.1) is 0 Å². The Balaban J connectivity index is 2.51. The SMILES string of the molecule is CCCNc1cccc(CN(C)CCS(C)(=O)=O)n1. The molecule has 0 atom stereocenters. The van der Waals surface area contributed by atoms with E-state index in [9.17, 15) is 8.42 Å². The summed E-state index contributed by atoms with van der Waals surface area (Å²) in [6, 6.07) is 5.86. The van der Waals surface area contributed by atoms with Gasteiger partial charge in [0.25, 0.3) is 0 Å². The fourth-order valence-corrected chi connectivity index (χ4v) is 2.24. The second kappa shape index (κ2) is 7.45. The van der Waals surface area contributed by atoms with Crippen LogP contribution in [0.5, 0.6) is 0 Å². The Labute approximate surface area is 116 Å². The lowest BCUT2D eigenvalue weighted by atomic mass is 10.3. The van der Waals surface area contributed by atoms with Crippen LogP contribution in [0, 0.1) is 0 Å². The van der Waals surface area contributed by atoms with Crippen molar-refractivity contribution >= 4 is 15.7 Å². The molecule has 0 fully saturated rings. The molecule has 1 aromatic heterocycles. The highest BCUT2D eigenvalue weighted by Gasteiger charge is 2.07. The largest absolute Gasteiger partial charge is 0.370 e. The predicted octanol–water partition coefficient (Wildman–Crippen LogP) is 1.38. The average Bonchev–Trinajstić information content (AvgIpc) is 2.33. The molecule has 0 aromatic carbocycles. The smallest absolute Gasteiger partial charge is 0.148 e. The van der Waals surface area contributed by atoms with Gasteiger partial charge in [-0.25, -0.2) is 13.4 Å². The van der Waals surface area contributed by atoms with Gasteiger partial charge in [-0.2, -0.15) is 0 Å². The topological polar surface area (TPSA) is 62.3 Å². The highest BCUT2D eigenvalue weighted by Crippen LogP contribution is 2.07. The van der Waals surface area contributed by atoms with Gasteiger partial charge in [0.2, 0.25) is 0 Å². The van der Waals surface area contributed by atoms with Crippen LogP contribution in [0.25, 0.3) is 0 Å². The van der Waals surface area contributed by atoms with Crippen LogP contribution in [0.3, 0.4) is 0 Å². The molecule has 0 aliphatic heterocycles. The molecule has 6 heteroatoms. The van der Waals surface area contributed by atoms with Gasteiger partial charge in [-0.1, -0.05) is 13.0 Å². The first-order valence-electron chi connectivity index (χ1n) is 6.47. The zero-order valence-electron chi connectivity index (χ0n) is 11.9. The Morgan fingerprint density at radius 2 is 2.11 bits per heavy atom. The van der Waals surface area contributed by atoms with Crippen molar-refractivity contribution in [2.75, 3.05) is 37.5 Å². The van der Waals surface area contributed by atoms with Crippen molar-refractivity contribution in [2.45, 2.75) is 19.9 Å². The minimum Gasteiger partial charge on any atom is -0.370 e. The number of nitrogens with one attached hydrogen (secondary N) is 1. The van der Waals surface area contributed by atoms with Crippen molar-refractivity contribution in [1.29, 1.82) is 0 Å². The second-order valence-corrected chi connectivity index (χ2v) is 7.07. The van der Waals surface area contributed by atoms with Crippen LogP contribution in [0.1, 0.15) is 19.0 Å². The van der Waals surface area contributed by atoms with Gasteiger partial charge in [-0.05, 0) is 25.6 Å². The summed E-state index contributed by atoms with van der Waals surface area (Å²) in [6.07, 6.45) is 2.31. The molecule has 19 heavy (non-hydrogen) atoms. The van der Waals surface area contributed by atoms with Gasteiger partial charge >= 0.3 is 0 Å². The molecule has 0 saturated carbocycles. The minimum absolute atomic E-state index is 0.178. The first kappa shape index (κ1) is 15.9. The number of aromatic nitrogens is 1.